The monoisotopic (exact) mass is 397 g/mol. The van der Waals surface area contributed by atoms with Crippen LogP contribution in [0.3, 0.4) is 0 Å². The van der Waals surface area contributed by atoms with Crippen molar-refractivity contribution in [3.8, 4) is 0 Å². The summed E-state index contributed by atoms with van der Waals surface area (Å²) in [4.78, 5) is 23.2. The Kier molecular flexibility index (Phi) is 5.82. The summed E-state index contributed by atoms with van der Waals surface area (Å²) < 4.78 is 26.5. The van der Waals surface area contributed by atoms with Gasteiger partial charge >= 0.3 is 0 Å². The van der Waals surface area contributed by atoms with Crippen molar-refractivity contribution in [1.29, 1.82) is 0 Å². The summed E-state index contributed by atoms with van der Waals surface area (Å²) in [6.45, 7) is 2.33. The molecule has 148 valence electrons. The van der Waals surface area contributed by atoms with Gasteiger partial charge in [-0.1, -0.05) is 29.8 Å². The molecule has 8 heteroatoms. The van der Waals surface area contributed by atoms with Crippen LogP contribution in [-0.2, 0) is 6.54 Å². The second-order valence-corrected chi connectivity index (χ2v) is 6.44. The molecule has 29 heavy (non-hydrogen) atoms. The first-order chi connectivity index (χ1) is 13.8. The van der Waals surface area contributed by atoms with Gasteiger partial charge in [0.2, 0.25) is 0 Å². The van der Waals surface area contributed by atoms with Gasteiger partial charge in [0.05, 0.1) is 4.92 Å². The lowest BCUT2D eigenvalue weighted by atomic mass is 10.1. The van der Waals surface area contributed by atoms with Crippen molar-refractivity contribution >= 4 is 23.0 Å². The molecule has 0 heterocycles. The maximum atomic E-state index is 13.3. The van der Waals surface area contributed by atoms with Gasteiger partial charge in [0.15, 0.2) is 0 Å². The molecule has 0 saturated heterocycles. The summed E-state index contributed by atoms with van der Waals surface area (Å²) in [5.41, 5.74) is 1.92. The fraction of sp³-hybridized carbons (Fsp3) is 0.0952. The van der Waals surface area contributed by atoms with Gasteiger partial charge < -0.3 is 10.6 Å². The highest BCUT2D eigenvalue weighted by atomic mass is 19.1. The van der Waals surface area contributed by atoms with Gasteiger partial charge in [0.1, 0.15) is 17.3 Å². The highest BCUT2D eigenvalue weighted by Gasteiger charge is 2.18. The van der Waals surface area contributed by atoms with E-state index in [9.17, 15) is 23.7 Å². The molecule has 0 saturated carbocycles. The van der Waals surface area contributed by atoms with Gasteiger partial charge in [-0.05, 0) is 36.8 Å². The minimum atomic E-state index is -0.845. The summed E-state index contributed by atoms with van der Waals surface area (Å²) in [5.74, 6) is -2.41. The second-order valence-electron chi connectivity index (χ2n) is 6.44. The van der Waals surface area contributed by atoms with Crippen molar-refractivity contribution in [3.05, 3.63) is 99.1 Å². The third kappa shape index (κ3) is 5.13. The second kappa shape index (κ2) is 8.47. The van der Waals surface area contributed by atoms with E-state index in [0.717, 1.165) is 29.3 Å². The predicted octanol–water partition coefficient (Wildman–Crippen LogP) is 5.05. The van der Waals surface area contributed by atoms with E-state index in [-0.39, 0.29) is 22.6 Å². The van der Waals surface area contributed by atoms with Crippen LogP contribution >= 0.6 is 0 Å². The maximum absolute atomic E-state index is 13.3. The number of nitro groups is 1. The predicted molar refractivity (Wildman–Crippen MR) is 106 cm³/mol. The van der Waals surface area contributed by atoms with E-state index in [1.165, 1.54) is 12.1 Å². The number of carbonyl (C=O) groups is 1. The van der Waals surface area contributed by atoms with Crippen molar-refractivity contribution in [2.45, 2.75) is 13.5 Å². The maximum Gasteiger partial charge on any atom is 0.293 e. The molecule has 2 N–H and O–H groups in total. The number of nitrogens with zero attached hydrogens (tertiary/aromatic N) is 1. The van der Waals surface area contributed by atoms with Gasteiger partial charge in [-0.25, -0.2) is 8.78 Å². The lowest BCUT2D eigenvalue weighted by Gasteiger charge is -2.10. The molecule has 1 amide bonds. The summed E-state index contributed by atoms with van der Waals surface area (Å²) in [5, 5.41) is 16.8. The number of nitrogens with one attached hydrogen (secondary N) is 2. The first kappa shape index (κ1) is 19.9. The number of carbonyl (C=O) groups excluding carboxylic acids is 1. The summed E-state index contributed by atoms with van der Waals surface area (Å²) >= 11 is 0. The van der Waals surface area contributed by atoms with Crippen LogP contribution in [0.25, 0.3) is 0 Å². The highest BCUT2D eigenvalue weighted by molar-refractivity contribution is 6.05. The van der Waals surface area contributed by atoms with E-state index in [2.05, 4.69) is 10.6 Å². The van der Waals surface area contributed by atoms with Crippen molar-refractivity contribution in [2.75, 3.05) is 10.6 Å². The third-order valence-corrected chi connectivity index (χ3v) is 4.18. The number of hydrogen-bond donors (Lipinski definition) is 2. The van der Waals surface area contributed by atoms with Crippen LogP contribution in [-0.4, -0.2) is 10.8 Å². The SMILES string of the molecule is Cc1ccc(CNc2ccc(C(=O)Nc3cc(F)cc(F)c3)cc2[N+](=O)[O-])cc1. The molecule has 3 rings (SSSR count). The van der Waals surface area contributed by atoms with Crippen LogP contribution in [0.1, 0.15) is 21.5 Å². The first-order valence-corrected chi connectivity index (χ1v) is 8.67. The molecule has 0 aliphatic heterocycles. The molecule has 0 aliphatic carbocycles. The van der Waals surface area contributed by atoms with Gasteiger partial charge in [-0.15, -0.1) is 0 Å². The van der Waals surface area contributed by atoms with E-state index >= 15 is 0 Å². The first-order valence-electron chi connectivity index (χ1n) is 8.67. The number of nitro benzene ring substituents is 1. The van der Waals surface area contributed by atoms with E-state index in [1.54, 1.807) is 0 Å². The quantitative estimate of drug-likeness (QED) is 0.451. The number of aryl methyl sites for hydroxylation is 1. The van der Waals surface area contributed by atoms with Crippen LogP contribution in [0.5, 0.6) is 0 Å². The minimum absolute atomic E-state index is 0.0118. The van der Waals surface area contributed by atoms with Crippen LogP contribution in [0.4, 0.5) is 25.8 Å². The zero-order chi connectivity index (χ0) is 21.0. The molecule has 0 atom stereocenters. The van der Waals surface area contributed by atoms with Crippen LogP contribution in [0.15, 0.2) is 60.7 Å². The topological polar surface area (TPSA) is 84.3 Å². The van der Waals surface area contributed by atoms with Crippen molar-refractivity contribution in [3.63, 3.8) is 0 Å². The van der Waals surface area contributed by atoms with Crippen LogP contribution in [0, 0.1) is 28.7 Å². The Labute approximate surface area is 165 Å². The Morgan fingerprint density at radius 1 is 1.00 bits per heavy atom. The number of hydrogen-bond acceptors (Lipinski definition) is 4. The number of benzene rings is 3. The Bertz CT molecular complexity index is 1050. The standard InChI is InChI=1S/C21H17F2N3O3/c1-13-2-4-14(5-3-13)12-24-19-7-6-15(8-20(19)26(28)29)21(27)25-18-10-16(22)9-17(23)11-18/h2-11,24H,12H2,1H3,(H,25,27). The van der Waals surface area contributed by atoms with Crippen LogP contribution in [0.2, 0.25) is 0 Å². The van der Waals surface area contributed by atoms with Gasteiger partial charge in [-0.2, -0.15) is 0 Å². The van der Waals surface area contributed by atoms with E-state index < -0.39 is 22.5 Å². The number of halogens is 2. The van der Waals surface area contributed by atoms with Gasteiger partial charge in [0, 0.05) is 29.9 Å². The van der Waals surface area contributed by atoms with E-state index in [4.69, 9.17) is 0 Å². The average Bonchev–Trinajstić information content (AvgIpc) is 2.66. The Hall–Kier alpha value is -3.81. The summed E-state index contributed by atoms with van der Waals surface area (Å²) in [6.07, 6.45) is 0. The molecule has 0 bridgehead atoms. The highest BCUT2D eigenvalue weighted by Crippen LogP contribution is 2.27. The van der Waals surface area contributed by atoms with Crippen LogP contribution < -0.4 is 10.6 Å². The molecule has 3 aromatic carbocycles. The van der Waals surface area contributed by atoms with Crippen molar-refractivity contribution in [1.82, 2.24) is 0 Å². The molecule has 0 fully saturated rings. The normalized spacial score (nSPS) is 10.4. The van der Waals surface area contributed by atoms with Gasteiger partial charge in [-0.3, -0.25) is 14.9 Å². The molecule has 0 spiro atoms. The zero-order valence-electron chi connectivity index (χ0n) is 15.4. The molecule has 0 unspecified atom stereocenters. The molecule has 0 aromatic heterocycles. The summed E-state index contributed by atoms with van der Waals surface area (Å²) in [6, 6.07) is 14.2. The number of amides is 1. The Balaban J connectivity index is 1.78. The fourth-order valence-corrected chi connectivity index (χ4v) is 2.71. The third-order valence-electron chi connectivity index (χ3n) is 4.18. The minimum Gasteiger partial charge on any atom is -0.375 e. The fourth-order valence-electron chi connectivity index (χ4n) is 2.71. The zero-order valence-corrected chi connectivity index (χ0v) is 15.4. The summed E-state index contributed by atoms with van der Waals surface area (Å²) in [7, 11) is 0. The smallest absolute Gasteiger partial charge is 0.293 e. The Morgan fingerprint density at radius 2 is 1.66 bits per heavy atom. The van der Waals surface area contributed by atoms with E-state index in [0.29, 0.717) is 12.6 Å². The molecule has 0 aliphatic rings. The molecule has 6 nitrogen and oxygen atoms in total. The number of rotatable bonds is 6. The molecular weight excluding hydrogens is 380 g/mol. The lowest BCUT2D eigenvalue weighted by molar-refractivity contribution is -0.384. The molecular formula is C21H17F2N3O3. The van der Waals surface area contributed by atoms with Gasteiger partial charge in [0.25, 0.3) is 11.6 Å². The average molecular weight is 397 g/mol. The number of anilines is 2. The Morgan fingerprint density at radius 3 is 2.28 bits per heavy atom. The van der Waals surface area contributed by atoms with Crippen molar-refractivity contribution in [2.24, 2.45) is 0 Å². The molecule has 0 radical (unpaired) electrons. The largest absolute Gasteiger partial charge is 0.375 e. The van der Waals surface area contributed by atoms with Crippen molar-refractivity contribution < 1.29 is 18.5 Å². The molecule has 3 aromatic rings. The lowest BCUT2D eigenvalue weighted by Crippen LogP contribution is -2.13. The van der Waals surface area contributed by atoms with E-state index in [1.807, 2.05) is 31.2 Å².